The first kappa shape index (κ1) is 14.4. The Labute approximate surface area is 119 Å². The number of anilines is 1. The highest BCUT2D eigenvalue weighted by molar-refractivity contribution is 5.81. The van der Waals surface area contributed by atoms with Crippen molar-refractivity contribution in [2.24, 2.45) is 0 Å². The summed E-state index contributed by atoms with van der Waals surface area (Å²) in [7, 11) is 0. The van der Waals surface area contributed by atoms with Crippen LogP contribution >= 0.6 is 0 Å². The first-order chi connectivity index (χ1) is 9.65. The van der Waals surface area contributed by atoms with Crippen molar-refractivity contribution in [3.63, 3.8) is 0 Å². The van der Waals surface area contributed by atoms with Crippen LogP contribution in [-0.4, -0.2) is 42.4 Å². The molecule has 0 bridgehead atoms. The molecule has 0 saturated carbocycles. The Hall–Kier alpha value is -2.04. The molecule has 0 aliphatic carbocycles. The minimum atomic E-state index is -0.00451. The normalized spacial score (nSPS) is 15.8. The monoisotopic (exact) mass is 275 g/mol. The van der Waals surface area contributed by atoms with E-state index in [0.717, 1.165) is 31.6 Å². The van der Waals surface area contributed by atoms with Gasteiger partial charge in [-0.05, 0) is 25.0 Å². The van der Waals surface area contributed by atoms with Crippen LogP contribution in [0.1, 0.15) is 19.8 Å². The fraction of sp³-hybridized carbons (Fsp3) is 0.467. The van der Waals surface area contributed by atoms with Crippen LogP contribution in [-0.2, 0) is 9.59 Å². The number of hydrogen-bond donors (Lipinski definition) is 2. The molecule has 5 heteroatoms. The number of amides is 2. The van der Waals surface area contributed by atoms with Crippen LogP contribution in [0, 0.1) is 0 Å². The molecule has 0 unspecified atom stereocenters. The Morgan fingerprint density at radius 2 is 1.85 bits per heavy atom. The number of nitrogens with one attached hydrogen (secondary N) is 2. The van der Waals surface area contributed by atoms with Crippen molar-refractivity contribution in [3.8, 4) is 0 Å². The van der Waals surface area contributed by atoms with Crippen molar-refractivity contribution < 1.29 is 9.59 Å². The largest absolute Gasteiger partial charge is 0.376 e. The smallest absolute Gasteiger partial charge is 0.239 e. The molecule has 1 aromatic carbocycles. The van der Waals surface area contributed by atoms with E-state index >= 15 is 0 Å². The SMILES string of the molecule is CC(=O)N1CCC(NC(=O)CNc2ccccc2)CC1. The number of nitrogens with zero attached hydrogens (tertiary/aromatic N) is 1. The van der Waals surface area contributed by atoms with Crippen molar-refractivity contribution in [2.75, 3.05) is 25.0 Å². The maximum atomic E-state index is 11.8. The number of para-hydroxylation sites is 1. The van der Waals surface area contributed by atoms with Crippen LogP contribution in [0.2, 0.25) is 0 Å². The van der Waals surface area contributed by atoms with E-state index in [1.165, 1.54) is 0 Å². The first-order valence-corrected chi connectivity index (χ1v) is 6.99. The highest BCUT2D eigenvalue weighted by Gasteiger charge is 2.21. The lowest BCUT2D eigenvalue weighted by atomic mass is 10.1. The molecule has 0 spiro atoms. The number of carbonyl (C=O) groups excluding carboxylic acids is 2. The number of carbonyl (C=O) groups is 2. The van der Waals surface area contributed by atoms with Gasteiger partial charge in [0.05, 0.1) is 6.54 Å². The zero-order chi connectivity index (χ0) is 14.4. The van der Waals surface area contributed by atoms with E-state index in [9.17, 15) is 9.59 Å². The average Bonchev–Trinajstić information content (AvgIpc) is 2.47. The zero-order valence-corrected chi connectivity index (χ0v) is 11.8. The van der Waals surface area contributed by atoms with E-state index in [0.29, 0.717) is 0 Å². The molecule has 5 nitrogen and oxygen atoms in total. The lowest BCUT2D eigenvalue weighted by molar-refractivity contribution is -0.130. The molecule has 0 aromatic heterocycles. The Bertz CT molecular complexity index is 453. The van der Waals surface area contributed by atoms with E-state index in [4.69, 9.17) is 0 Å². The number of benzene rings is 1. The summed E-state index contributed by atoms with van der Waals surface area (Å²) in [5.74, 6) is 0.107. The standard InChI is InChI=1S/C15H21N3O2/c1-12(19)18-9-7-14(8-10-18)17-15(20)11-16-13-5-3-2-4-6-13/h2-6,14,16H,7-11H2,1H3,(H,17,20). The van der Waals surface area contributed by atoms with E-state index in [1.807, 2.05) is 35.2 Å². The predicted molar refractivity (Wildman–Crippen MR) is 78.4 cm³/mol. The van der Waals surface area contributed by atoms with Crippen molar-refractivity contribution in [1.82, 2.24) is 10.2 Å². The summed E-state index contributed by atoms with van der Waals surface area (Å²) in [6.07, 6.45) is 1.66. The van der Waals surface area contributed by atoms with Crippen LogP contribution in [0.25, 0.3) is 0 Å². The second-order valence-electron chi connectivity index (χ2n) is 5.07. The van der Waals surface area contributed by atoms with Gasteiger partial charge in [0.15, 0.2) is 0 Å². The van der Waals surface area contributed by atoms with Crippen LogP contribution in [0.5, 0.6) is 0 Å². The van der Waals surface area contributed by atoms with Crippen molar-refractivity contribution >= 4 is 17.5 Å². The van der Waals surface area contributed by atoms with Gasteiger partial charge in [-0.2, -0.15) is 0 Å². The lowest BCUT2D eigenvalue weighted by Gasteiger charge is -2.31. The highest BCUT2D eigenvalue weighted by atomic mass is 16.2. The molecule has 1 aliphatic heterocycles. The molecule has 2 N–H and O–H groups in total. The molecular formula is C15H21N3O2. The molecule has 1 saturated heterocycles. The Morgan fingerprint density at radius 3 is 2.45 bits per heavy atom. The van der Waals surface area contributed by atoms with Crippen molar-refractivity contribution in [2.45, 2.75) is 25.8 Å². The summed E-state index contributed by atoms with van der Waals surface area (Å²) in [6, 6.07) is 9.83. The van der Waals surface area contributed by atoms with Crippen LogP contribution < -0.4 is 10.6 Å². The van der Waals surface area contributed by atoms with Gasteiger partial charge < -0.3 is 15.5 Å². The lowest BCUT2D eigenvalue weighted by Crippen LogP contribution is -2.47. The number of piperidine rings is 1. The maximum absolute atomic E-state index is 11.8. The fourth-order valence-corrected chi connectivity index (χ4v) is 2.36. The summed E-state index contributed by atoms with van der Waals surface area (Å²) in [5, 5.41) is 6.09. The molecule has 1 heterocycles. The van der Waals surface area contributed by atoms with Gasteiger partial charge in [0, 0.05) is 31.7 Å². The van der Waals surface area contributed by atoms with Gasteiger partial charge in [0.25, 0.3) is 0 Å². The molecule has 20 heavy (non-hydrogen) atoms. The van der Waals surface area contributed by atoms with E-state index < -0.39 is 0 Å². The second kappa shape index (κ2) is 6.93. The highest BCUT2D eigenvalue weighted by Crippen LogP contribution is 2.10. The minimum absolute atomic E-state index is 0.00451. The first-order valence-electron chi connectivity index (χ1n) is 6.99. The average molecular weight is 275 g/mol. The minimum Gasteiger partial charge on any atom is -0.376 e. The molecule has 2 rings (SSSR count). The summed E-state index contributed by atoms with van der Waals surface area (Å²) < 4.78 is 0. The third-order valence-corrected chi connectivity index (χ3v) is 3.53. The zero-order valence-electron chi connectivity index (χ0n) is 11.8. The number of hydrogen-bond acceptors (Lipinski definition) is 3. The molecule has 0 atom stereocenters. The number of likely N-dealkylation sites (tertiary alicyclic amines) is 1. The van der Waals surface area contributed by atoms with Gasteiger partial charge in [-0.1, -0.05) is 18.2 Å². The molecule has 1 aliphatic rings. The van der Waals surface area contributed by atoms with Gasteiger partial charge in [0.1, 0.15) is 0 Å². The quantitative estimate of drug-likeness (QED) is 0.868. The van der Waals surface area contributed by atoms with Crippen LogP contribution in [0.3, 0.4) is 0 Å². The predicted octanol–water partition coefficient (Wildman–Crippen LogP) is 1.23. The Balaban J connectivity index is 1.69. The number of rotatable bonds is 4. The van der Waals surface area contributed by atoms with Crippen LogP contribution in [0.15, 0.2) is 30.3 Å². The maximum Gasteiger partial charge on any atom is 0.239 e. The Kier molecular flexibility index (Phi) is 4.98. The van der Waals surface area contributed by atoms with E-state index in [2.05, 4.69) is 10.6 Å². The molecule has 2 amide bonds. The summed E-state index contributed by atoms with van der Waals surface area (Å²) in [6.45, 7) is 3.32. The molecule has 1 fully saturated rings. The molecule has 1 aromatic rings. The van der Waals surface area contributed by atoms with Crippen molar-refractivity contribution in [1.29, 1.82) is 0 Å². The van der Waals surface area contributed by atoms with Gasteiger partial charge in [-0.3, -0.25) is 9.59 Å². The summed E-state index contributed by atoms with van der Waals surface area (Å²) in [4.78, 5) is 24.9. The third-order valence-electron chi connectivity index (χ3n) is 3.53. The van der Waals surface area contributed by atoms with E-state index in [-0.39, 0.29) is 24.4 Å². The third kappa shape index (κ3) is 4.26. The fourth-order valence-electron chi connectivity index (χ4n) is 2.36. The van der Waals surface area contributed by atoms with Gasteiger partial charge >= 0.3 is 0 Å². The summed E-state index contributed by atoms with van der Waals surface area (Å²) >= 11 is 0. The van der Waals surface area contributed by atoms with E-state index in [1.54, 1.807) is 6.92 Å². The van der Waals surface area contributed by atoms with Gasteiger partial charge in [0.2, 0.25) is 11.8 Å². The molecule has 0 radical (unpaired) electrons. The topological polar surface area (TPSA) is 61.4 Å². The molecule has 108 valence electrons. The summed E-state index contributed by atoms with van der Waals surface area (Å²) in [5.41, 5.74) is 0.939. The Morgan fingerprint density at radius 1 is 1.20 bits per heavy atom. The van der Waals surface area contributed by atoms with Crippen LogP contribution in [0.4, 0.5) is 5.69 Å². The molecular weight excluding hydrogens is 254 g/mol. The van der Waals surface area contributed by atoms with Gasteiger partial charge in [-0.15, -0.1) is 0 Å². The second-order valence-corrected chi connectivity index (χ2v) is 5.07. The van der Waals surface area contributed by atoms with Crippen molar-refractivity contribution in [3.05, 3.63) is 30.3 Å². The van der Waals surface area contributed by atoms with Gasteiger partial charge in [-0.25, -0.2) is 0 Å².